The SMILES string of the molecule is CCCN(CCC)c1cnnc(Nc2c(CC)cccc2CC)n1. The Kier molecular flexibility index (Phi) is 6.97. The zero-order valence-electron chi connectivity index (χ0n) is 15.3. The number of nitrogens with zero attached hydrogens (tertiary/aromatic N) is 4. The van der Waals surface area contributed by atoms with Gasteiger partial charge in [0.25, 0.3) is 0 Å². The number of anilines is 3. The number of aryl methyl sites for hydroxylation is 2. The van der Waals surface area contributed by atoms with Crippen LogP contribution in [0.25, 0.3) is 0 Å². The molecule has 0 bridgehead atoms. The molecule has 0 spiro atoms. The van der Waals surface area contributed by atoms with E-state index in [1.807, 2.05) is 0 Å². The first-order valence-corrected chi connectivity index (χ1v) is 9.05. The molecule has 0 radical (unpaired) electrons. The van der Waals surface area contributed by atoms with Gasteiger partial charge in [0.1, 0.15) is 0 Å². The molecule has 0 aliphatic heterocycles. The molecule has 0 aliphatic rings. The number of nitrogens with one attached hydrogen (secondary N) is 1. The highest BCUT2D eigenvalue weighted by molar-refractivity contribution is 5.64. The van der Waals surface area contributed by atoms with E-state index in [1.54, 1.807) is 6.20 Å². The lowest BCUT2D eigenvalue weighted by molar-refractivity contribution is 0.728. The van der Waals surface area contributed by atoms with Gasteiger partial charge in [-0.2, -0.15) is 10.1 Å². The number of aromatic nitrogens is 3. The smallest absolute Gasteiger partial charge is 0.249 e. The fourth-order valence-electron chi connectivity index (χ4n) is 2.90. The second-order valence-electron chi connectivity index (χ2n) is 5.91. The largest absolute Gasteiger partial charge is 0.355 e. The van der Waals surface area contributed by atoms with E-state index in [2.05, 4.69) is 66.3 Å². The van der Waals surface area contributed by atoms with E-state index in [0.29, 0.717) is 5.95 Å². The van der Waals surface area contributed by atoms with Crippen LogP contribution in [0.5, 0.6) is 0 Å². The zero-order valence-corrected chi connectivity index (χ0v) is 15.3. The summed E-state index contributed by atoms with van der Waals surface area (Å²) < 4.78 is 0. The fourth-order valence-corrected chi connectivity index (χ4v) is 2.90. The lowest BCUT2D eigenvalue weighted by Crippen LogP contribution is -2.26. The second-order valence-corrected chi connectivity index (χ2v) is 5.91. The fraction of sp³-hybridized carbons (Fsp3) is 0.526. The number of rotatable bonds is 9. The third-order valence-corrected chi connectivity index (χ3v) is 4.09. The predicted molar refractivity (Wildman–Crippen MR) is 101 cm³/mol. The number of benzene rings is 1. The summed E-state index contributed by atoms with van der Waals surface area (Å²) in [5, 5.41) is 11.8. The molecule has 1 aromatic carbocycles. The van der Waals surface area contributed by atoms with Crippen LogP contribution < -0.4 is 10.2 Å². The maximum atomic E-state index is 4.70. The summed E-state index contributed by atoms with van der Waals surface area (Å²) in [6.45, 7) is 10.7. The summed E-state index contributed by atoms with van der Waals surface area (Å²) in [4.78, 5) is 6.97. The van der Waals surface area contributed by atoms with Crippen molar-refractivity contribution in [1.29, 1.82) is 0 Å². The van der Waals surface area contributed by atoms with Crippen molar-refractivity contribution in [2.24, 2.45) is 0 Å². The van der Waals surface area contributed by atoms with Crippen LogP contribution in [-0.4, -0.2) is 28.3 Å². The van der Waals surface area contributed by atoms with E-state index >= 15 is 0 Å². The molecule has 24 heavy (non-hydrogen) atoms. The number of hydrogen-bond donors (Lipinski definition) is 1. The lowest BCUT2D eigenvalue weighted by atomic mass is 10.0. The van der Waals surface area contributed by atoms with Crippen LogP contribution in [0, 0.1) is 0 Å². The molecule has 1 aromatic heterocycles. The Morgan fingerprint density at radius 2 is 1.58 bits per heavy atom. The maximum absolute atomic E-state index is 4.70. The average Bonchev–Trinajstić information content (AvgIpc) is 2.62. The van der Waals surface area contributed by atoms with Gasteiger partial charge in [-0.15, -0.1) is 5.10 Å². The van der Waals surface area contributed by atoms with Gasteiger partial charge in [-0.3, -0.25) is 0 Å². The Hall–Kier alpha value is -2.17. The normalized spacial score (nSPS) is 10.7. The molecular formula is C19H29N5. The van der Waals surface area contributed by atoms with Crippen molar-refractivity contribution in [1.82, 2.24) is 15.2 Å². The summed E-state index contributed by atoms with van der Waals surface area (Å²) in [7, 11) is 0. The van der Waals surface area contributed by atoms with E-state index in [0.717, 1.165) is 50.3 Å². The number of hydrogen-bond acceptors (Lipinski definition) is 5. The van der Waals surface area contributed by atoms with Gasteiger partial charge in [0.2, 0.25) is 5.95 Å². The van der Waals surface area contributed by atoms with Gasteiger partial charge in [-0.1, -0.05) is 45.9 Å². The van der Waals surface area contributed by atoms with Gasteiger partial charge in [-0.05, 0) is 36.8 Å². The highest BCUT2D eigenvalue weighted by Gasteiger charge is 2.11. The molecule has 5 heteroatoms. The third kappa shape index (κ3) is 4.43. The van der Waals surface area contributed by atoms with Crippen molar-refractivity contribution in [3.8, 4) is 0 Å². The van der Waals surface area contributed by atoms with Crippen LogP contribution in [0.2, 0.25) is 0 Å². The van der Waals surface area contributed by atoms with Gasteiger partial charge in [0.05, 0.1) is 6.20 Å². The molecule has 130 valence electrons. The Bertz CT molecular complexity index is 613. The highest BCUT2D eigenvalue weighted by Crippen LogP contribution is 2.25. The molecule has 0 aliphatic carbocycles. The van der Waals surface area contributed by atoms with Crippen molar-refractivity contribution >= 4 is 17.5 Å². The van der Waals surface area contributed by atoms with Crippen LogP contribution in [0.3, 0.4) is 0 Å². The van der Waals surface area contributed by atoms with Crippen molar-refractivity contribution in [2.45, 2.75) is 53.4 Å². The van der Waals surface area contributed by atoms with Gasteiger partial charge in [0.15, 0.2) is 5.82 Å². The monoisotopic (exact) mass is 327 g/mol. The Labute approximate surface area is 145 Å². The van der Waals surface area contributed by atoms with Gasteiger partial charge < -0.3 is 10.2 Å². The van der Waals surface area contributed by atoms with Gasteiger partial charge in [-0.25, -0.2) is 0 Å². The second kappa shape index (κ2) is 9.21. The molecule has 2 aromatic rings. The van der Waals surface area contributed by atoms with Crippen molar-refractivity contribution in [3.63, 3.8) is 0 Å². The van der Waals surface area contributed by atoms with Crippen molar-refractivity contribution < 1.29 is 0 Å². The van der Waals surface area contributed by atoms with E-state index in [9.17, 15) is 0 Å². The van der Waals surface area contributed by atoms with Crippen LogP contribution >= 0.6 is 0 Å². The molecule has 1 N–H and O–H groups in total. The molecule has 5 nitrogen and oxygen atoms in total. The summed E-state index contributed by atoms with van der Waals surface area (Å²) >= 11 is 0. The van der Waals surface area contributed by atoms with E-state index in [4.69, 9.17) is 4.98 Å². The first-order valence-electron chi connectivity index (χ1n) is 9.05. The minimum atomic E-state index is 0.570. The summed E-state index contributed by atoms with van der Waals surface area (Å²) in [5.41, 5.74) is 3.68. The quantitative estimate of drug-likeness (QED) is 0.741. The van der Waals surface area contributed by atoms with Gasteiger partial charge >= 0.3 is 0 Å². The van der Waals surface area contributed by atoms with E-state index < -0.39 is 0 Å². The molecule has 0 saturated carbocycles. The lowest BCUT2D eigenvalue weighted by Gasteiger charge is -2.22. The van der Waals surface area contributed by atoms with Crippen LogP contribution in [-0.2, 0) is 12.8 Å². The van der Waals surface area contributed by atoms with E-state index in [-0.39, 0.29) is 0 Å². The van der Waals surface area contributed by atoms with Crippen molar-refractivity contribution in [3.05, 3.63) is 35.5 Å². The Balaban J connectivity index is 2.30. The predicted octanol–water partition coefficient (Wildman–Crippen LogP) is 4.37. The molecule has 0 saturated heterocycles. The zero-order chi connectivity index (χ0) is 17.4. The Morgan fingerprint density at radius 1 is 0.958 bits per heavy atom. The molecule has 0 fully saturated rings. The Morgan fingerprint density at radius 3 is 2.12 bits per heavy atom. The summed E-state index contributed by atoms with van der Waals surface area (Å²) in [6.07, 6.45) is 5.88. The number of para-hydroxylation sites is 1. The molecule has 0 atom stereocenters. The molecule has 2 rings (SSSR count). The molecule has 0 unspecified atom stereocenters. The standard InChI is InChI=1S/C19H29N5/c1-5-12-24(13-6-2)17-14-20-23-19(21-17)22-18-15(7-3)10-9-11-16(18)8-4/h9-11,14H,5-8,12-13H2,1-4H3,(H,21,22,23). The summed E-state index contributed by atoms with van der Waals surface area (Å²) in [6, 6.07) is 6.42. The summed E-state index contributed by atoms with van der Waals surface area (Å²) in [5.74, 6) is 1.46. The minimum absolute atomic E-state index is 0.570. The topological polar surface area (TPSA) is 53.9 Å². The highest BCUT2D eigenvalue weighted by atomic mass is 15.3. The van der Waals surface area contributed by atoms with Crippen LogP contribution in [0.15, 0.2) is 24.4 Å². The van der Waals surface area contributed by atoms with Crippen molar-refractivity contribution in [2.75, 3.05) is 23.3 Å². The average molecular weight is 327 g/mol. The first-order chi connectivity index (χ1) is 11.7. The molecule has 0 amide bonds. The van der Waals surface area contributed by atoms with Crippen LogP contribution in [0.1, 0.15) is 51.7 Å². The van der Waals surface area contributed by atoms with Crippen LogP contribution in [0.4, 0.5) is 17.5 Å². The third-order valence-electron chi connectivity index (χ3n) is 4.09. The van der Waals surface area contributed by atoms with Gasteiger partial charge in [0, 0.05) is 18.8 Å². The maximum Gasteiger partial charge on any atom is 0.249 e. The van der Waals surface area contributed by atoms with E-state index in [1.165, 1.54) is 11.1 Å². The first kappa shape index (κ1) is 18.2. The minimum Gasteiger partial charge on any atom is -0.355 e. The molecule has 1 heterocycles. The molecular weight excluding hydrogens is 298 g/mol.